The average Bonchev–Trinajstić information content (AvgIpc) is 2.59. The summed E-state index contributed by atoms with van der Waals surface area (Å²) >= 11 is 0. The molecular weight excluding hydrogens is 315 g/mol. The molecule has 3 heteroatoms. The number of hydrogen-bond acceptors (Lipinski definition) is 2. The van der Waals surface area contributed by atoms with Crippen molar-refractivity contribution in [3.05, 3.63) is 54.1 Å². The van der Waals surface area contributed by atoms with E-state index < -0.39 is 8.69 Å². The van der Waals surface area contributed by atoms with E-state index in [4.69, 9.17) is 4.52 Å². The van der Waals surface area contributed by atoms with Crippen molar-refractivity contribution in [3.8, 4) is 5.75 Å². The van der Waals surface area contributed by atoms with Crippen LogP contribution in [0.15, 0.2) is 48.6 Å². The summed E-state index contributed by atoms with van der Waals surface area (Å²) in [4.78, 5) is 0. The summed E-state index contributed by atoms with van der Waals surface area (Å²) in [6, 6.07) is 12.6. The van der Waals surface area contributed by atoms with Crippen LogP contribution in [0.1, 0.15) is 37.7 Å². The van der Waals surface area contributed by atoms with Gasteiger partial charge in [0.25, 0.3) is 0 Å². The predicted octanol–water partition coefficient (Wildman–Crippen LogP) is 5.79. The van der Waals surface area contributed by atoms with Gasteiger partial charge in [0, 0.05) is 16.4 Å². The van der Waals surface area contributed by atoms with Crippen LogP contribution in [-0.2, 0) is 9.98 Å². The van der Waals surface area contributed by atoms with Crippen LogP contribution in [0.5, 0.6) is 5.75 Å². The third kappa shape index (κ3) is 1.90. The Morgan fingerprint density at radius 2 is 1.79 bits per heavy atom. The Morgan fingerprint density at radius 1 is 1.04 bits per heavy atom. The van der Waals surface area contributed by atoms with Gasteiger partial charge in [0.15, 0.2) is 5.75 Å². The van der Waals surface area contributed by atoms with Crippen molar-refractivity contribution in [2.75, 3.05) is 0 Å². The first kappa shape index (κ1) is 14.7. The fourth-order valence-corrected chi connectivity index (χ4v) is 6.37. The van der Waals surface area contributed by atoms with Crippen molar-refractivity contribution < 1.29 is 9.09 Å². The second-order valence-corrected chi connectivity index (χ2v) is 8.37. The van der Waals surface area contributed by atoms with Gasteiger partial charge >= 0.3 is 8.69 Å². The van der Waals surface area contributed by atoms with E-state index in [1.165, 1.54) is 43.2 Å². The Kier molecular flexibility index (Phi) is 3.16. The Bertz CT molecular complexity index is 842. The van der Waals surface area contributed by atoms with Crippen molar-refractivity contribution in [1.82, 2.24) is 0 Å². The molecule has 3 unspecified atom stereocenters. The van der Waals surface area contributed by atoms with Gasteiger partial charge in [-0.25, -0.2) is 0 Å². The molecule has 24 heavy (non-hydrogen) atoms. The summed E-state index contributed by atoms with van der Waals surface area (Å²) in [6.45, 7) is 4.55. The molecule has 2 aromatic rings. The molecule has 0 N–H and O–H groups in total. The Labute approximate surface area is 144 Å². The molecule has 4 aliphatic rings. The minimum atomic E-state index is -0.774. The molecule has 3 atom stereocenters. The summed E-state index contributed by atoms with van der Waals surface area (Å²) in [5.74, 6) is 3.14. The van der Waals surface area contributed by atoms with E-state index >= 15 is 0 Å². The van der Waals surface area contributed by atoms with E-state index in [1.807, 2.05) is 12.1 Å². The summed E-state index contributed by atoms with van der Waals surface area (Å²) in [6.07, 6.45) is 6.41. The summed E-state index contributed by atoms with van der Waals surface area (Å²) in [7, 11) is -0.774. The molecule has 4 bridgehead atoms. The summed E-state index contributed by atoms with van der Waals surface area (Å²) < 4.78 is 17.1. The molecule has 0 spiro atoms. The zero-order valence-electron chi connectivity index (χ0n) is 13.8. The standard InChI is InChI=1S/C21H22O2P/c1-13-17-9-14-8-15(10-17)12-21(13,11-14)19-7-6-16-4-2-3-5-18(16)20(19)23-24-22/h2-7,14-15,17,24H,1,8-12H2/q+1. The molecule has 2 aromatic carbocycles. The molecule has 122 valence electrons. The third-order valence-corrected chi connectivity index (χ3v) is 7.11. The van der Waals surface area contributed by atoms with Crippen molar-refractivity contribution in [1.29, 1.82) is 0 Å². The lowest BCUT2D eigenvalue weighted by Crippen LogP contribution is -2.50. The molecule has 0 heterocycles. The fraction of sp³-hybridized carbons (Fsp3) is 0.429. The minimum absolute atomic E-state index is 0.0355. The van der Waals surface area contributed by atoms with Crippen LogP contribution < -0.4 is 4.52 Å². The van der Waals surface area contributed by atoms with Gasteiger partial charge in [-0.1, -0.05) is 48.6 Å². The van der Waals surface area contributed by atoms with Gasteiger partial charge in [0.2, 0.25) is 0 Å². The maximum atomic E-state index is 11.4. The van der Waals surface area contributed by atoms with Crippen LogP contribution in [0, 0.1) is 17.8 Å². The molecule has 6 rings (SSSR count). The van der Waals surface area contributed by atoms with E-state index in [0.717, 1.165) is 28.4 Å². The lowest BCUT2D eigenvalue weighted by atomic mass is 9.46. The van der Waals surface area contributed by atoms with Crippen LogP contribution in [-0.4, -0.2) is 0 Å². The van der Waals surface area contributed by atoms with Crippen molar-refractivity contribution in [3.63, 3.8) is 0 Å². The zero-order valence-corrected chi connectivity index (χ0v) is 14.8. The number of hydrogen-bond donors (Lipinski definition) is 0. The van der Waals surface area contributed by atoms with Crippen molar-refractivity contribution in [2.24, 2.45) is 17.8 Å². The largest absolute Gasteiger partial charge is 0.542 e. The number of rotatable bonds is 3. The van der Waals surface area contributed by atoms with Gasteiger partial charge < -0.3 is 0 Å². The van der Waals surface area contributed by atoms with E-state index in [0.29, 0.717) is 5.92 Å². The normalized spacial score (nSPS) is 34.2. The lowest BCUT2D eigenvalue weighted by Gasteiger charge is -2.58. The molecule has 2 nitrogen and oxygen atoms in total. The second-order valence-electron chi connectivity index (χ2n) is 8.00. The van der Waals surface area contributed by atoms with Gasteiger partial charge in [0.05, 0.1) is 0 Å². The molecule has 0 amide bonds. The van der Waals surface area contributed by atoms with Gasteiger partial charge in [-0.05, 0) is 59.8 Å². The fourth-order valence-electron chi connectivity index (χ4n) is 6.07. The molecule has 0 saturated heterocycles. The Morgan fingerprint density at radius 3 is 2.54 bits per heavy atom. The second kappa shape index (κ2) is 5.17. The first-order valence-corrected chi connectivity index (χ1v) is 9.78. The highest BCUT2D eigenvalue weighted by molar-refractivity contribution is 7.17. The third-order valence-electron chi connectivity index (χ3n) is 6.82. The van der Waals surface area contributed by atoms with Crippen LogP contribution in [0.3, 0.4) is 0 Å². The molecule has 0 aliphatic heterocycles. The molecule has 0 aromatic heterocycles. The number of benzene rings is 2. The van der Waals surface area contributed by atoms with Gasteiger partial charge in [-0.2, -0.15) is 0 Å². The highest BCUT2D eigenvalue weighted by atomic mass is 31.1. The van der Waals surface area contributed by atoms with E-state index in [-0.39, 0.29) is 5.41 Å². The van der Waals surface area contributed by atoms with Crippen LogP contribution in [0.4, 0.5) is 0 Å². The van der Waals surface area contributed by atoms with Crippen LogP contribution >= 0.6 is 8.69 Å². The van der Waals surface area contributed by atoms with Gasteiger partial charge in [0.1, 0.15) is 0 Å². The molecular formula is C21H22O2P+. The monoisotopic (exact) mass is 337 g/mol. The summed E-state index contributed by atoms with van der Waals surface area (Å²) in [5, 5.41) is 2.21. The first-order chi connectivity index (χ1) is 11.7. The lowest BCUT2D eigenvalue weighted by molar-refractivity contribution is 0.0467. The molecule has 0 radical (unpaired) electrons. The highest BCUT2D eigenvalue weighted by Gasteiger charge is 2.55. The Balaban J connectivity index is 1.75. The van der Waals surface area contributed by atoms with E-state index in [9.17, 15) is 4.57 Å². The summed E-state index contributed by atoms with van der Waals surface area (Å²) in [5.41, 5.74) is 2.67. The minimum Gasteiger partial charge on any atom is -0.255 e. The Hall–Kier alpha value is -1.66. The number of fused-ring (bicyclic) bond motifs is 1. The molecule has 4 fully saturated rings. The quantitative estimate of drug-likeness (QED) is 0.523. The smallest absolute Gasteiger partial charge is 0.255 e. The topological polar surface area (TPSA) is 26.3 Å². The predicted molar refractivity (Wildman–Crippen MR) is 98.0 cm³/mol. The van der Waals surface area contributed by atoms with Crippen molar-refractivity contribution in [2.45, 2.75) is 37.5 Å². The SMILES string of the molecule is C=C1C2CC3CC(C2)CC1(c1ccc2ccccc2c1O[PH+]=O)C3. The maximum Gasteiger partial charge on any atom is 0.542 e. The average molecular weight is 337 g/mol. The zero-order chi connectivity index (χ0) is 16.3. The van der Waals surface area contributed by atoms with Crippen molar-refractivity contribution >= 4 is 19.5 Å². The van der Waals surface area contributed by atoms with Crippen LogP contribution in [0.2, 0.25) is 0 Å². The maximum absolute atomic E-state index is 11.4. The van der Waals surface area contributed by atoms with E-state index in [2.05, 4.69) is 30.8 Å². The van der Waals surface area contributed by atoms with E-state index in [1.54, 1.807) is 0 Å². The first-order valence-electron chi connectivity index (χ1n) is 8.97. The number of allylic oxidation sites excluding steroid dienone is 1. The van der Waals surface area contributed by atoms with Gasteiger partial charge in [-0.3, -0.25) is 4.52 Å². The van der Waals surface area contributed by atoms with Gasteiger partial charge in [-0.15, -0.1) is 0 Å². The highest BCUT2D eigenvalue weighted by Crippen LogP contribution is 2.64. The van der Waals surface area contributed by atoms with Crippen LogP contribution in [0.25, 0.3) is 10.8 Å². The molecule has 4 saturated carbocycles. The molecule has 4 aliphatic carbocycles.